The van der Waals surface area contributed by atoms with Crippen LogP contribution >= 0.6 is 0 Å². The van der Waals surface area contributed by atoms with E-state index in [0.29, 0.717) is 12.0 Å². The molecule has 0 aliphatic carbocycles. The summed E-state index contributed by atoms with van der Waals surface area (Å²) in [4.78, 5) is 16.3. The van der Waals surface area contributed by atoms with Gasteiger partial charge >= 0.3 is 0 Å². The summed E-state index contributed by atoms with van der Waals surface area (Å²) >= 11 is 0. The molecule has 0 aliphatic rings. The number of aryl methyl sites for hydroxylation is 1. The third-order valence-electron chi connectivity index (χ3n) is 3.16. The van der Waals surface area contributed by atoms with Gasteiger partial charge in [-0.1, -0.05) is 0 Å². The lowest BCUT2D eigenvalue weighted by molar-refractivity contribution is 0.0936. The summed E-state index contributed by atoms with van der Waals surface area (Å²) in [5.74, 6) is -0.0991. The van der Waals surface area contributed by atoms with Crippen molar-refractivity contribution in [3.05, 3.63) is 30.1 Å². The van der Waals surface area contributed by atoms with Crippen LogP contribution in [0.25, 0.3) is 11.0 Å². The molecule has 1 heterocycles. The minimum absolute atomic E-state index is 0.0547. The molecule has 0 saturated heterocycles. The van der Waals surface area contributed by atoms with E-state index in [2.05, 4.69) is 10.3 Å². The van der Waals surface area contributed by atoms with Crippen molar-refractivity contribution in [3.63, 3.8) is 0 Å². The number of imidazole rings is 1. The van der Waals surface area contributed by atoms with E-state index in [1.54, 1.807) is 18.5 Å². The number of benzene rings is 1. The van der Waals surface area contributed by atoms with Crippen LogP contribution in [0.5, 0.6) is 0 Å². The average Bonchev–Trinajstić information content (AvgIpc) is 2.77. The lowest BCUT2D eigenvalue weighted by atomic mass is 10.1. The normalized spacial score (nSPS) is 12.6. The molecule has 0 saturated carbocycles. The van der Waals surface area contributed by atoms with Crippen molar-refractivity contribution in [2.45, 2.75) is 25.8 Å². The third-order valence-corrected chi connectivity index (χ3v) is 3.16. The quantitative estimate of drug-likeness (QED) is 0.856. The zero-order valence-electron chi connectivity index (χ0n) is 11.3. The van der Waals surface area contributed by atoms with Gasteiger partial charge in [-0.25, -0.2) is 4.98 Å². The Balaban J connectivity index is 2.08. The zero-order valence-corrected chi connectivity index (χ0v) is 11.3. The number of carbonyl (C=O) groups is 1. The van der Waals surface area contributed by atoms with Gasteiger partial charge in [0.05, 0.1) is 17.4 Å². The lowest BCUT2D eigenvalue weighted by Crippen LogP contribution is -2.32. The number of fused-ring (bicyclic) bond motifs is 1. The highest BCUT2D eigenvalue weighted by Gasteiger charge is 2.11. The van der Waals surface area contributed by atoms with Crippen molar-refractivity contribution in [2.75, 3.05) is 6.61 Å². The molecular formula is C14H19N3O2. The molecule has 1 aromatic heterocycles. The first-order chi connectivity index (χ1) is 9.11. The number of nitrogens with zero attached hydrogens (tertiary/aromatic N) is 2. The van der Waals surface area contributed by atoms with Crippen LogP contribution in [0, 0.1) is 0 Å². The Hall–Kier alpha value is -1.88. The Morgan fingerprint density at radius 3 is 3.05 bits per heavy atom. The smallest absolute Gasteiger partial charge is 0.251 e. The minimum Gasteiger partial charge on any atom is -0.396 e. The van der Waals surface area contributed by atoms with Crippen LogP contribution in [0.1, 0.15) is 30.1 Å². The molecule has 1 unspecified atom stereocenters. The first kappa shape index (κ1) is 13.5. The second-order valence-corrected chi connectivity index (χ2v) is 4.80. The molecule has 5 nitrogen and oxygen atoms in total. The molecule has 1 atom stereocenters. The number of nitrogens with one attached hydrogen (secondary N) is 1. The monoisotopic (exact) mass is 261 g/mol. The number of aliphatic hydroxyl groups is 1. The molecule has 2 aromatic rings. The summed E-state index contributed by atoms with van der Waals surface area (Å²) in [6.07, 6.45) is 3.20. The summed E-state index contributed by atoms with van der Waals surface area (Å²) in [6.45, 7) is 2.09. The number of amides is 1. The van der Waals surface area contributed by atoms with Crippen molar-refractivity contribution >= 4 is 16.9 Å². The molecule has 2 N–H and O–H groups in total. The number of aromatic nitrogens is 2. The SMILES string of the molecule is CC(CCCO)NC(=O)c1ccc2c(c1)ncn2C. The van der Waals surface area contributed by atoms with Crippen LogP contribution in [-0.2, 0) is 7.05 Å². The van der Waals surface area contributed by atoms with Crippen LogP contribution in [-0.4, -0.2) is 33.2 Å². The van der Waals surface area contributed by atoms with Crippen LogP contribution in [0.2, 0.25) is 0 Å². The Bertz CT molecular complexity index is 577. The first-order valence-corrected chi connectivity index (χ1v) is 6.44. The van der Waals surface area contributed by atoms with Crippen LogP contribution in [0.4, 0.5) is 0 Å². The molecular weight excluding hydrogens is 242 g/mol. The topological polar surface area (TPSA) is 67.2 Å². The summed E-state index contributed by atoms with van der Waals surface area (Å²) in [5, 5.41) is 11.7. The maximum absolute atomic E-state index is 12.1. The molecule has 0 spiro atoms. The number of carbonyl (C=O) groups excluding carboxylic acids is 1. The molecule has 0 bridgehead atoms. The highest BCUT2D eigenvalue weighted by Crippen LogP contribution is 2.14. The van der Waals surface area contributed by atoms with Crippen molar-refractivity contribution < 1.29 is 9.90 Å². The van der Waals surface area contributed by atoms with E-state index in [0.717, 1.165) is 17.5 Å². The summed E-state index contributed by atoms with van der Waals surface area (Å²) in [5.41, 5.74) is 2.44. The molecule has 19 heavy (non-hydrogen) atoms. The second-order valence-electron chi connectivity index (χ2n) is 4.80. The van der Waals surface area contributed by atoms with Crippen LogP contribution in [0.3, 0.4) is 0 Å². The summed E-state index contributed by atoms with van der Waals surface area (Å²) in [6, 6.07) is 5.55. The Kier molecular flexibility index (Phi) is 4.16. The van der Waals surface area contributed by atoms with Crippen molar-refractivity contribution in [2.24, 2.45) is 7.05 Å². The highest BCUT2D eigenvalue weighted by molar-refractivity contribution is 5.97. The Labute approximate surface area is 112 Å². The molecule has 102 valence electrons. The van der Waals surface area contributed by atoms with Crippen molar-refractivity contribution in [1.82, 2.24) is 14.9 Å². The molecule has 0 fully saturated rings. The predicted molar refractivity (Wildman–Crippen MR) is 74.0 cm³/mol. The first-order valence-electron chi connectivity index (χ1n) is 6.44. The largest absolute Gasteiger partial charge is 0.396 e. The van der Waals surface area contributed by atoms with Crippen LogP contribution in [0.15, 0.2) is 24.5 Å². The highest BCUT2D eigenvalue weighted by atomic mass is 16.3. The van der Waals surface area contributed by atoms with Gasteiger partial charge in [0.1, 0.15) is 0 Å². The van der Waals surface area contributed by atoms with Crippen molar-refractivity contribution in [1.29, 1.82) is 0 Å². The van der Waals surface area contributed by atoms with E-state index >= 15 is 0 Å². The van der Waals surface area contributed by atoms with Crippen LogP contribution < -0.4 is 5.32 Å². The standard InChI is InChI=1S/C14H19N3O2/c1-10(4-3-7-18)16-14(19)11-5-6-13-12(8-11)15-9-17(13)2/h5-6,8-10,18H,3-4,7H2,1-2H3,(H,16,19). The molecule has 0 aliphatic heterocycles. The van der Waals surface area contributed by atoms with E-state index in [1.807, 2.05) is 24.6 Å². The second kappa shape index (κ2) is 5.84. The van der Waals surface area contributed by atoms with Gasteiger partial charge in [0.25, 0.3) is 5.91 Å². The fourth-order valence-electron chi connectivity index (χ4n) is 2.05. The van der Waals surface area contributed by atoms with Gasteiger partial charge in [0.2, 0.25) is 0 Å². The molecule has 1 aromatic carbocycles. The molecule has 2 rings (SSSR count). The maximum Gasteiger partial charge on any atom is 0.251 e. The lowest BCUT2D eigenvalue weighted by Gasteiger charge is -2.13. The average molecular weight is 261 g/mol. The molecule has 0 radical (unpaired) electrons. The third kappa shape index (κ3) is 3.12. The van der Waals surface area contributed by atoms with E-state index in [9.17, 15) is 4.79 Å². The Morgan fingerprint density at radius 2 is 2.32 bits per heavy atom. The number of aliphatic hydroxyl groups excluding tert-OH is 1. The zero-order chi connectivity index (χ0) is 13.8. The number of rotatable bonds is 5. The van der Waals surface area contributed by atoms with Gasteiger partial charge in [-0.05, 0) is 38.0 Å². The van der Waals surface area contributed by atoms with E-state index in [-0.39, 0.29) is 18.6 Å². The van der Waals surface area contributed by atoms with E-state index < -0.39 is 0 Å². The summed E-state index contributed by atoms with van der Waals surface area (Å²) in [7, 11) is 1.92. The van der Waals surface area contributed by atoms with E-state index in [1.165, 1.54) is 0 Å². The van der Waals surface area contributed by atoms with E-state index in [4.69, 9.17) is 5.11 Å². The number of hydrogen-bond acceptors (Lipinski definition) is 3. The van der Waals surface area contributed by atoms with Crippen molar-refractivity contribution in [3.8, 4) is 0 Å². The molecule has 1 amide bonds. The summed E-state index contributed by atoms with van der Waals surface area (Å²) < 4.78 is 1.92. The maximum atomic E-state index is 12.1. The fourth-order valence-corrected chi connectivity index (χ4v) is 2.05. The van der Waals surface area contributed by atoms with Gasteiger partial charge < -0.3 is 15.0 Å². The van der Waals surface area contributed by atoms with Gasteiger partial charge in [-0.15, -0.1) is 0 Å². The van der Waals surface area contributed by atoms with Gasteiger partial charge in [0.15, 0.2) is 0 Å². The minimum atomic E-state index is -0.0991. The van der Waals surface area contributed by atoms with Gasteiger partial charge in [-0.3, -0.25) is 4.79 Å². The Morgan fingerprint density at radius 1 is 1.53 bits per heavy atom. The fraction of sp³-hybridized carbons (Fsp3) is 0.429. The number of hydrogen-bond donors (Lipinski definition) is 2. The van der Waals surface area contributed by atoms with Gasteiger partial charge in [0, 0.05) is 25.3 Å². The predicted octanol–water partition coefficient (Wildman–Crippen LogP) is 1.46. The van der Waals surface area contributed by atoms with Gasteiger partial charge in [-0.2, -0.15) is 0 Å². The molecule has 5 heteroatoms.